The fourth-order valence-corrected chi connectivity index (χ4v) is 3.75. The molecule has 4 rings (SSSR count). The Labute approximate surface area is 177 Å². The van der Waals surface area contributed by atoms with Gasteiger partial charge >= 0.3 is 0 Å². The van der Waals surface area contributed by atoms with E-state index >= 15 is 0 Å². The molecule has 0 amide bonds. The molecule has 30 heavy (non-hydrogen) atoms. The van der Waals surface area contributed by atoms with Crippen LogP contribution in [0, 0.1) is 5.82 Å². The van der Waals surface area contributed by atoms with E-state index in [2.05, 4.69) is 48.1 Å². The molecule has 0 atom stereocenters. The summed E-state index contributed by atoms with van der Waals surface area (Å²) in [4.78, 5) is 2.31. The first-order valence-electron chi connectivity index (χ1n) is 10.4. The standard InChI is InChI=1S/C26H26FN3/c1-3-29(4-2)19-22-18-28-30(26(22)24-12-8-9-13-25(24)27)23-16-14-21(15-17-23)20-10-6-5-7-11-20/h5-18H,3-4,19H2,1-2H3. The molecule has 0 spiro atoms. The summed E-state index contributed by atoms with van der Waals surface area (Å²) < 4.78 is 16.6. The van der Waals surface area contributed by atoms with E-state index in [9.17, 15) is 4.39 Å². The molecular formula is C26H26FN3. The van der Waals surface area contributed by atoms with E-state index < -0.39 is 0 Å². The van der Waals surface area contributed by atoms with Gasteiger partial charge in [-0.1, -0.05) is 68.4 Å². The summed E-state index contributed by atoms with van der Waals surface area (Å²) >= 11 is 0. The number of hydrogen-bond acceptors (Lipinski definition) is 2. The number of benzene rings is 3. The SMILES string of the molecule is CCN(CC)Cc1cnn(-c2ccc(-c3ccccc3)cc2)c1-c1ccccc1F. The molecule has 0 aliphatic carbocycles. The van der Waals surface area contributed by atoms with E-state index in [-0.39, 0.29) is 5.82 Å². The molecule has 0 radical (unpaired) electrons. The zero-order chi connectivity index (χ0) is 20.9. The smallest absolute Gasteiger partial charge is 0.132 e. The average Bonchev–Trinajstić information content (AvgIpc) is 3.21. The van der Waals surface area contributed by atoms with E-state index in [1.54, 1.807) is 6.07 Å². The maximum atomic E-state index is 14.8. The highest BCUT2D eigenvalue weighted by Crippen LogP contribution is 2.30. The molecule has 4 heteroatoms. The average molecular weight is 400 g/mol. The van der Waals surface area contributed by atoms with Gasteiger partial charge in [0.05, 0.1) is 17.6 Å². The van der Waals surface area contributed by atoms with Crippen molar-refractivity contribution in [1.29, 1.82) is 0 Å². The van der Waals surface area contributed by atoms with Gasteiger partial charge in [0.2, 0.25) is 0 Å². The van der Waals surface area contributed by atoms with Gasteiger partial charge in [0, 0.05) is 17.7 Å². The van der Waals surface area contributed by atoms with Gasteiger partial charge in [-0.3, -0.25) is 4.90 Å². The highest BCUT2D eigenvalue weighted by atomic mass is 19.1. The van der Waals surface area contributed by atoms with Crippen LogP contribution in [0.5, 0.6) is 0 Å². The second kappa shape index (κ2) is 9.06. The minimum absolute atomic E-state index is 0.235. The van der Waals surface area contributed by atoms with Gasteiger partial charge < -0.3 is 0 Å². The number of rotatable bonds is 7. The molecule has 0 aliphatic heterocycles. The third kappa shape index (κ3) is 4.05. The Bertz CT molecular complexity index is 1100. The normalized spacial score (nSPS) is 11.2. The maximum Gasteiger partial charge on any atom is 0.132 e. The van der Waals surface area contributed by atoms with Crippen LogP contribution in [0.4, 0.5) is 4.39 Å². The maximum absolute atomic E-state index is 14.8. The number of aromatic nitrogens is 2. The summed E-state index contributed by atoms with van der Waals surface area (Å²) in [7, 11) is 0. The quantitative estimate of drug-likeness (QED) is 0.370. The van der Waals surface area contributed by atoms with Crippen LogP contribution in [0.1, 0.15) is 19.4 Å². The van der Waals surface area contributed by atoms with Gasteiger partial charge in [-0.25, -0.2) is 9.07 Å². The van der Waals surface area contributed by atoms with Crippen LogP contribution >= 0.6 is 0 Å². The zero-order valence-corrected chi connectivity index (χ0v) is 17.4. The van der Waals surface area contributed by atoms with Crippen LogP contribution in [0.25, 0.3) is 28.1 Å². The Balaban J connectivity index is 1.78. The van der Waals surface area contributed by atoms with Crippen molar-refractivity contribution in [1.82, 2.24) is 14.7 Å². The van der Waals surface area contributed by atoms with Gasteiger partial charge in [-0.2, -0.15) is 5.10 Å². The molecule has 0 saturated heterocycles. The molecule has 0 saturated carbocycles. The monoisotopic (exact) mass is 399 g/mol. The van der Waals surface area contributed by atoms with Crippen molar-refractivity contribution in [2.75, 3.05) is 13.1 Å². The third-order valence-corrected chi connectivity index (χ3v) is 5.48. The van der Waals surface area contributed by atoms with Gasteiger partial charge in [-0.05, 0) is 48.5 Å². The molecule has 1 aromatic heterocycles. The number of nitrogens with zero attached hydrogens (tertiary/aromatic N) is 3. The van der Waals surface area contributed by atoms with Gasteiger partial charge in [0.1, 0.15) is 5.82 Å². The Morgan fingerprint density at radius 1 is 0.800 bits per heavy atom. The van der Waals surface area contributed by atoms with Crippen molar-refractivity contribution in [3.63, 3.8) is 0 Å². The lowest BCUT2D eigenvalue weighted by atomic mass is 10.0. The molecule has 3 aromatic carbocycles. The van der Waals surface area contributed by atoms with Crippen molar-refractivity contribution in [3.8, 4) is 28.1 Å². The van der Waals surface area contributed by atoms with Gasteiger partial charge in [0.15, 0.2) is 0 Å². The van der Waals surface area contributed by atoms with E-state index in [1.807, 2.05) is 53.3 Å². The van der Waals surface area contributed by atoms with Crippen molar-refractivity contribution in [2.24, 2.45) is 0 Å². The molecule has 1 heterocycles. The first-order chi connectivity index (χ1) is 14.7. The van der Waals surface area contributed by atoms with E-state index in [0.29, 0.717) is 5.56 Å². The largest absolute Gasteiger partial charge is 0.299 e. The number of halogens is 1. The molecule has 3 nitrogen and oxygen atoms in total. The second-order valence-electron chi connectivity index (χ2n) is 7.28. The molecule has 0 fully saturated rings. The van der Waals surface area contributed by atoms with Crippen molar-refractivity contribution in [3.05, 3.63) is 96.4 Å². The summed E-state index contributed by atoms with van der Waals surface area (Å²) in [5, 5.41) is 4.65. The van der Waals surface area contributed by atoms with E-state index in [1.165, 1.54) is 11.6 Å². The van der Waals surface area contributed by atoms with E-state index in [4.69, 9.17) is 0 Å². The molecular weight excluding hydrogens is 373 g/mol. The Morgan fingerprint density at radius 2 is 1.43 bits per heavy atom. The van der Waals surface area contributed by atoms with Crippen molar-refractivity contribution < 1.29 is 4.39 Å². The number of hydrogen-bond donors (Lipinski definition) is 0. The molecule has 0 bridgehead atoms. The molecule has 4 aromatic rings. The third-order valence-electron chi connectivity index (χ3n) is 5.48. The molecule has 0 unspecified atom stereocenters. The first kappa shape index (κ1) is 20.0. The highest BCUT2D eigenvalue weighted by molar-refractivity contribution is 5.68. The second-order valence-corrected chi connectivity index (χ2v) is 7.28. The Kier molecular flexibility index (Phi) is 6.05. The lowest BCUT2D eigenvalue weighted by molar-refractivity contribution is 0.296. The van der Waals surface area contributed by atoms with E-state index in [0.717, 1.165) is 42.1 Å². The van der Waals surface area contributed by atoms with Gasteiger partial charge in [0.25, 0.3) is 0 Å². The zero-order valence-electron chi connectivity index (χ0n) is 17.4. The van der Waals surface area contributed by atoms with Crippen LogP contribution in [-0.4, -0.2) is 27.8 Å². The van der Waals surface area contributed by atoms with Crippen LogP contribution < -0.4 is 0 Å². The molecule has 152 valence electrons. The highest BCUT2D eigenvalue weighted by Gasteiger charge is 2.19. The fraction of sp³-hybridized carbons (Fsp3) is 0.192. The minimum Gasteiger partial charge on any atom is -0.299 e. The Morgan fingerprint density at radius 3 is 2.10 bits per heavy atom. The predicted octanol–water partition coefficient (Wildman–Crippen LogP) is 6.19. The summed E-state index contributed by atoms with van der Waals surface area (Å²) in [5.74, 6) is -0.235. The fourth-order valence-electron chi connectivity index (χ4n) is 3.75. The summed E-state index contributed by atoms with van der Waals surface area (Å²) in [5.41, 5.74) is 5.63. The van der Waals surface area contributed by atoms with Gasteiger partial charge in [-0.15, -0.1) is 0 Å². The van der Waals surface area contributed by atoms with Crippen LogP contribution in [0.15, 0.2) is 85.1 Å². The molecule has 0 aliphatic rings. The minimum atomic E-state index is -0.235. The predicted molar refractivity (Wildman–Crippen MR) is 121 cm³/mol. The molecule has 0 N–H and O–H groups in total. The summed E-state index contributed by atoms with van der Waals surface area (Å²) in [6.45, 7) is 6.88. The van der Waals surface area contributed by atoms with Crippen LogP contribution in [0.2, 0.25) is 0 Å². The van der Waals surface area contributed by atoms with Crippen molar-refractivity contribution >= 4 is 0 Å². The Hall–Kier alpha value is -3.24. The summed E-state index contributed by atoms with van der Waals surface area (Å²) in [6.07, 6.45) is 1.87. The topological polar surface area (TPSA) is 21.1 Å². The lowest BCUT2D eigenvalue weighted by Crippen LogP contribution is -2.22. The first-order valence-corrected chi connectivity index (χ1v) is 10.4. The summed E-state index contributed by atoms with van der Waals surface area (Å²) in [6, 6.07) is 25.4. The van der Waals surface area contributed by atoms with Crippen LogP contribution in [-0.2, 0) is 6.54 Å². The lowest BCUT2D eigenvalue weighted by Gasteiger charge is -2.19. The van der Waals surface area contributed by atoms with Crippen LogP contribution in [0.3, 0.4) is 0 Å². The van der Waals surface area contributed by atoms with Crippen molar-refractivity contribution in [2.45, 2.75) is 20.4 Å².